The van der Waals surface area contributed by atoms with Crippen molar-refractivity contribution in [3.63, 3.8) is 0 Å². The van der Waals surface area contributed by atoms with Gasteiger partial charge in [0.1, 0.15) is 17.6 Å². The third-order valence-corrected chi connectivity index (χ3v) is 5.42. The molecule has 1 unspecified atom stereocenters. The first-order valence-corrected chi connectivity index (χ1v) is 9.96. The van der Waals surface area contributed by atoms with Crippen LogP contribution >= 0.6 is 22.9 Å². The second-order valence-electron chi connectivity index (χ2n) is 6.22. The Morgan fingerprint density at radius 1 is 1.11 bits per heavy atom. The topological polar surface area (TPSA) is 59.9 Å². The number of ether oxygens (including phenoxy) is 1. The van der Waals surface area contributed by atoms with Crippen LogP contribution in [0.15, 0.2) is 71.9 Å². The van der Waals surface area contributed by atoms with Crippen molar-refractivity contribution in [2.24, 2.45) is 5.16 Å². The van der Waals surface area contributed by atoms with Crippen molar-refractivity contribution in [3.8, 4) is 11.5 Å². The Hall–Kier alpha value is -2.83. The molecule has 0 spiro atoms. The van der Waals surface area contributed by atoms with Gasteiger partial charge in [-0.2, -0.15) is 0 Å². The van der Waals surface area contributed by atoms with Gasteiger partial charge in [-0.3, -0.25) is 4.79 Å². The molecular weight excluding hydrogens is 396 g/mol. The molecule has 2 aromatic carbocycles. The average Bonchev–Trinajstić information content (AvgIpc) is 3.37. The second kappa shape index (κ2) is 8.46. The van der Waals surface area contributed by atoms with Gasteiger partial charge < -0.3 is 14.9 Å². The molecule has 0 aliphatic carbocycles. The Labute approximate surface area is 171 Å². The lowest BCUT2D eigenvalue weighted by molar-refractivity contribution is 0.0755. The van der Waals surface area contributed by atoms with E-state index in [4.69, 9.17) is 21.2 Å². The monoisotopic (exact) mass is 412 g/mol. The molecule has 0 saturated carbocycles. The predicted octanol–water partition coefficient (Wildman–Crippen LogP) is 5.12. The molecular formula is C21H17ClN2O3S. The minimum Gasteiger partial charge on any atom is -0.457 e. The van der Waals surface area contributed by atoms with Crippen molar-refractivity contribution in [2.75, 3.05) is 6.54 Å². The van der Waals surface area contributed by atoms with Gasteiger partial charge in [0.05, 0.1) is 21.5 Å². The van der Waals surface area contributed by atoms with Crippen molar-refractivity contribution in [3.05, 3.63) is 81.5 Å². The largest absolute Gasteiger partial charge is 0.457 e. The summed E-state index contributed by atoms with van der Waals surface area (Å²) >= 11 is 7.11. The molecule has 1 aliphatic heterocycles. The fraction of sp³-hybridized carbons (Fsp3) is 0.143. The molecule has 4 rings (SSSR count). The third kappa shape index (κ3) is 4.52. The summed E-state index contributed by atoms with van der Waals surface area (Å²) in [6, 6.07) is 20.8. The minimum absolute atomic E-state index is 0.156. The molecule has 1 aromatic heterocycles. The molecule has 1 atom stereocenters. The van der Waals surface area contributed by atoms with Crippen LogP contribution in [0.3, 0.4) is 0 Å². The zero-order valence-electron chi connectivity index (χ0n) is 14.8. The Morgan fingerprint density at radius 3 is 2.57 bits per heavy atom. The molecule has 0 bridgehead atoms. The van der Waals surface area contributed by atoms with Crippen LogP contribution in [0.1, 0.15) is 21.7 Å². The summed E-state index contributed by atoms with van der Waals surface area (Å²) in [6.45, 7) is 0.385. The maximum absolute atomic E-state index is 12.1. The van der Waals surface area contributed by atoms with Crippen LogP contribution in [0.4, 0.5) is 0 Å². The molecule has 1 N–H and O–H groups in total. The Morgan fingerprint density at radius 2 is 1.86 bits per heavy atom. The molecule has 28 heavy (non-hydrogen) atoms. The van der Waals surface area contributed by atoms with Gasteiger partial charge in [-0.25, -0.2) is 0 Å². The van der Waals surface area contributed by atoms with Crippen molar-refractivity contribution < 1.29 is 14.4 Å². The second-order valence-corrected chi connectivity index (χ2v) is 7.94. The Kier molecular flexibility index (Phi) is 5.60. The molecule has 3 aromatic rings. The first-order chi connectivity index (χ1) is 13.7. The van der Waals surface area contributed by atoms with E-state index in [1.54, 1.807) is 12.1 Å². The molecule has 0 radical (unpaired) electrons. The summed E-state index contributed by atoms with van der Waals surface area (Å²) in [7, 11) is 0. The predicted molar refractivity (Wildman–Crippen MR) is 111 cm³/mol. The van der Waals surface area contributed by atoms with Crippen LogP contribution < -0.4 is 10.1 Å². The van der Waals surface area contributed by atoms with Gasteiger partial charge in [0.2, 0.25) is 0 Å². The van der Waals surface area contributed by atoms with E-state index >= 15 is 0 Å². The maximum atomic E-state index is 12.1. The lowest BCUT2D eigenvalue weighted by atomic mass is 10.0. The van der Waals surface area contributed by atoms with Crippen LogP contribution in [0.5, 0.6) is 11.5 Å². The highest BCUT2D eigenvalue weighted by Crippen LogP contribution is 2.24. The summed E-state index contributed by atoms with van der Waals surface area (Å²) in [5.74, 6) is 1.39. The number of halogens is 1. The smallest absolute Gasteiger partial charge is 0.261 e. The summed E-state index contributed by atoms with van der Waals surface area (Å²) < 4.78 is 6.39. The fourth-order valence-corrected chi connectivity index (χ4v) is 3.74. The van der Waals surface area contributed by atoms with Crippen molar-refractivity contribution in [2.45, 2.75) is 12.5 Å². The minimum atomic E-state index is -0.186. The summed E-state index contributed by atoms with van der Waals surface area (Å²) in [4.78, 5) is 18.1. The SMILES string of the molecule is O=C(NCC1CC(c2ccc(Oc3ccccc3)cc2)=NO1)c1ccc(Cl)s1. The quantitative estimate of drug-likeness (QED) is 0.611. The zero-order valence-corrected chi connectivity index (χ0v) is 16.4. The number of nitrogens with zero attached hydrogens (tertiary/aromatic N) is 1. The highest BCUT2D eigenvalue weighted by Gasteiger charge is 2.23. The molecule has 2 heterocycles. The number of hydrogen-bond acceptors (Lipinski definition) is 5. The molecule has 0 saturated heterocycles. The van der Waals surface area contributed by atoms with Crippen LogP contribution in [0, 0.1) is 0 Å². The summed E-state index contributed by atoms with van der Waals surface area (Å²) in [5.41, 5.74) is 1.82. The highest BCUT2D eigenvalue weighted by molar-refractivity contribution is 7.17. The van der Waals surface area contributed by atoms with Crippen LogP contribution in [0.25, 0.3) is 0 Å². The summed E-state index contributed by atoms with van der Waals surface area (Å²) in [5, 5.41) is 7.02. The van der Waals surface area contributed by atoms with Gasteiger partial charge in [0.25, 0.3) is 5.91 Å². The highest BCUT2D eigenvalue weighted by atomic mass is 35.5. The molecule has 0 fully saturated rings. The van der Waals surface area contributed by atoms with Crippen LogP contribution in [0.2, 0.25) is 4.34 Å². The maximum Gasteiger partial charge on any atom is 0.261 e. The van der Waals surface area contributed by atoms with Gasteiger partial charge in [0.15, 0.2) is 0 Å². The number of nitrogens with one attached hydrogen (secondary N) is 1. The summed E-state index contributed by atoms with van der Waals surface area (Å²) in [6.07, 6.45) is 0.444. The molecule has 5 nitrogen and oxygen atoms in total. The number of carbonyl (C=O) groups excluding carboxylic acids is 1. The van der Waals surface area contributed by atoms with E-state index in [-0.39, 0.29) is 12.0 Å². The van der Waals surface area contributed by atoms with E-state index in [1.165, 1.54) is 11.3 Å². The molecule has 1 amide bonds. The Balaban J connectivity index is 1.29. The van der Waals surface area contributed by atoms with Crippen LogP contribution in [-0.4, -0.2) is 24.3 Å². The molecule has 142 valence electrons. The van der Waals surface area contributed by atoms with Gasteiger partial charge in [-0.05, 0) is 54.1 Å². The van der Waals surface area contributed by atoms with E-state index in [2.05, 4.69) is 10.5 Å². The Bertz CT molecular complexity index is 986. The first-order valence-electron chi connectivity index (χ1n) is 8.77. The van der Waals surface area contributed by atoms with Crippen molar-refractivity contribution in [1.82, 2.24) is 5.32 Å². The van der Waals surface area contributed by atoms with E-state index in [0.717, 1.165) is 22.8 Å². The lowest BCUT2D eigenvalue weighted by Gasteiger charge is -2.09. The number of hydrogen-bond donors (Lipinski definition) is 1. The number of benzene rings is 2. The van der Waals surface area contributed by atoms with Crippen molar-refractivity contribution in [1.29, 1.82) is 0 Å². The number of amides is 1. The number of carbonyl (C=O) groups is 1. The van der Waals surface area contributed by atoms with Crippen LogP contribution in [-0.2, 0) is 4.84 Å². The van der Waals surface area contributed by atoms with E-state index < -0.39 is 0 Å². The van der Waals surface area contributed by atoms with Crippen molar-refractivity contribution >= 4 is 34.6 Å². The third-order valence-electron chi connectivity index (χ3n) is 4.19. The number of oxime groups is 1. The average molecular weight is 413 g/mol. The molecule has 1 aliphatic rings. The van der Waals surface area contributed by atoms with E-state index in [0.29, 0.717) is 22.2 Å². The van der Waals surface area contributed by atoms with Gasteiger partial charge in [-0.1, -0.05) is 35.0 Å². The number of rotatable bonds is 6. The normalized spacial score (nSPS) is 15.6. The van der Waals surface area contributed by atoms with E-state index in [1.807, 2.05) is 54.6 Å². The first kappa shape index (κ1) is 18.5. The molecule has 7 heteroatoms. The number of thiophene rings is 1. The van der Waals surface area contributed by atoms with E-state index in [9.17, 15) is 4.79 Å². The number of para-hydroxylation sites is 1. The van der Waals surface area contributed by atoms with Gasteiger partial charge >= 0.3 is 0 Å². The standard InChI is InChI=1S/C21H17ClN2O3S/c22-20-11-10-19(28-20)21(25)23-13-17-12-18(24-27-17)14-6-8-16(9-7-14)26-15-4-2-1-3-5-15/h1-11,17H,12-13H2,(H,23,25). The zero-order chi connectivity index (χ0) is 19.3. The van der Waals surface area contributed by atoms with Gasteiger partial charge in [0, 0.05) is 6.42 Å². The fourth-order valence-electron chi connectivity index (χ4n) is 2.78. The lowest BCUT2D eigenvalue weighted by Crippen LogP contribution is -2.31. The van der Waals surface area contributed by atoms with Gasteiger partial charge in [-0.15, -0.1) is 11.3 Å².